The Morgan fingerprint density at radius 2 is 1.50 bits per heavy atom. The molecule has 0 fully saturated rings. The summed E-state index contributed by atoms with van der Waals surface area (Å²) in [4.78, 5) is 31.6. The Kier molecular flexibility index (Phi) is 6.43. The van der Waals surface area contributed by atoms with Gasteiger partial charge in [0.25, 0.3) is 5.91 Å². The van der Waals surface area contributed by atoms with Crippen molar-refractivity contribution in [3.63, 3.8) is 0 Å². The molecule has 5 N–H and O–H groups in total. The molecule has 0 saturated heterocycles. The molecule has 0 bridgehead atoms. The third kappa shape index (κ3) is 5.60. The van der Waals surface area contributed by atoms with Gasteiger partial charge in [-0.25, -0.2) is 9.97 Å². The van der Waals surface area contributed by atoms with Gasteiger partial charge in [0.15, 0.2) is 5.82 Å². The predicted octanol–water partition coefficient (Wildman–Crippen LogP) is 3.62. The highest BCUT2D eigenvalue weighted by Gasteiger charge is 2.15. The molecule has 8 heteroatoms. The van der Waals surface area contributed by atoms with E-state index in [0.29, 0.717) is 11.3 Å². The number of benzene rings is 2. The second kappa shape index (κ2) is 9.05. The van der Waals surface area contributed by atoms with Crippen molar-refractivity contribution >= 4 is 17.6 Å². The summed E-state index contributed by atoms with van der Waals surface area (Å²) in [5.74, 6) is 0.662. The molecule has 1 heterocycles. The maximum absolute atomic E-state index is 11.7. The number of hydrogen-bond acceptors (Lipinski definition) is 6. The van der Waals surface area contributed by atoms with Gasteiger partial charge in [-0.05, 0) is 54.3 Å². The highest BCUT2D eigenvalue weighted by atomic mass is 16.5. The number of primary amides is 2. The Hall–Kier alpha value is -3.94. The molecule has 0 saturated carbocycles. The lowest BCUT2D eigenvalue weighted by Crippen LogP contribution is -2.33. The average Bonchev–Trinajstić information content (AvgIpc) is 2.73. The number of hydrogen-bond donors (Lipinski definition) is 3. The Balaban J connectivity index is 1.82. The second-order valence-corrected chi connectivity index (χ2v) is 8.50. The van der Waals surface area contributed by atoms with Crippen LogP contribution in [-0.2, 0) is 10.2 Å². The van der Waals surface area contributed by atoms with Crippen molar-refractivity contribution < 1.29 is 14.3 Å². The average molecular weight is 434 g/mol. The zero-order chi connectivity index (χ0) is 23.5. The third-order valence-electron chi connectivity index (χ3n) is 4.84. The lowest BCUT2D eigenvalue weighted by Gasteiger charge is -2.19. The van der Waals surface area contributed by atoms with Crippen molar-refractivity contribution in [2.45, 2.75) is 39.2 Å². The first kappa shape index (κ1) is 22.7. The monoisotopic (exact) mass is 433 g/mol. The van der Waals surface area contributed by atoms with E-state index >= 15 is 0 Å². The minimum Gasteiger partial charge on any atom is -0.457 e. The minimum absolute atomic E-state index is 0.0217. The highest BCUT2D eigenvalue weighted by molar-refractivity contribution is 5.92. The molecule has 0 aliphatic heterocycles. The molecule has 0 radical (unpaired) electrons. The van der Waals surface area contributed by atoms with Gasteiger partial charge in [-0.1, -0.05) is 32.9 Å². The number of carbonyl (C=O) groups excluding carboxylic acids is 2. The fourth-order valence-corrected chi connectivity index (χ4v) is 2.90. The van der Waals surface area contributed by atoms with Crippen LogP contribution in [0.25, 0.3) is 11.4 Å². The standard InChI is InChI=1S/C24H27N5O3/c1-14(21(25)30)27-20-13-19(22(26)31)28-23(29-20)15-5-9-17(10-6-15)32-18-11-7-16(8-12-18)24(2,3)4/h5-14H,1-4H3,(H2,25,30)(H2,26,31)(H,27,28,29)/t14-/m0/s1. The van der Waals surface area contributed by atoms with Crippen LogP contribution in [0.4, 0.5) is 5.82 Å². The summed E-state index contributed by atoms with van der Waals surface area (Å²) in [6, 6.07) is 15.8. The van der Waals surface area contributed by atoms with Crippen molar-refractivity contribution in [1.82, 2.24) is 9.97 Å². The molecule has 1 aromatic heterocycles. The first-order chi connectivity index (χ1) is 15.0. The van der Waals surface area contributed by atoms with E-state index in [9.17, 15) is 9.59 Å². The molecule has 2 aromatic carbocycles. The number of carbonyl (C=O) groups is 2. The van der Waals surface area contributed by atoms with Gasteiger partial charge in [-0.3, -0.25) is 9.59 Å². The molecule has 3 aromatic rings. The maximum atomic E-state index is 11.7. The van der Waals surface area contributed by atoms with Crippen LogP contribution in [0, 0.1) is 0 Å². The van der Waals surface area contributed by atoms with Gasteiger partial charge in [0.2, 0.25) is 5.91 Å². The number of aromatic nitrogens is 2. The Morgan fingerprint density at radius 1 is 0.938 bits per heavy atom. The fraction of sp³-hybridized carbons (Fsp3) is 0.250. The first-order valence-corrected chi connectivity index (χ1v) is 10.2. The summed E-state index contributed by atoms with van der Waals surface area (Å²) in [5.41, 5.74) is 12.7. The van der Waals surface area contributed by atoms with Crippen LogP contribution < -0.4 is 21.5 Å². The number of nitrogens with zero attached hydrogens (tertiary/aromatic N) is 2. The normalized spacial score (nSPS) is 12.1. The zero-order valence-corrected chi connectivity index (χ0v) is 18.5. The van der Waals surface area contributed by atoms with Crippen LogP contribution in [0.5, 0.6) is 11.5 Å². The van der Waals surface area contributed by atoms with Crippen molar-refractivity contribution in [3.05, 3.63) is 65.9 Å². The van der Waals surface area contributed by atoms with Crippen molar-refractivity contribution in [3.8, 4) is 22.9 Å². The molecule has 0 aliphatic carbocycles. The van der Waals surface area contributed by atoms with Crippen LogP contribution in [0.2, 0.25) is 0 Å². The van der Waals surface area contributed by atoms with Crippen LogP contribution in [0.15, 0.2) is 54.6 Å². The van der Waals surface area contributed by atoms with E-state index in [4.69, 9.17) is 16.2 Å². The molecular weight excluding hydrogens is 406 g/mol. The Morgan fingerprint density at radius 3 is 2.00 bits per heavy atom. The lowest BCUT2D eigenvalue weighted by atomic mass is 9.87. The van der Waals surface area contributed by atoms with Crippen molar-refractivity contribution in [1.29, 1.82) is 0 Å². The Bertz CT molecular complexity index is 1120. The van der Waals surface area contributed by atoms with Crippen LogP contribution in [-0.4, -0.2) is 27.8 Å². The minimum atomic E-state index is -0.706. The number of amides is 2. The number of nitrogens with two attached hydrogens (primary N) is 2. The van der Waals surface area contributed by atoms with E-state index < -0.39 is 17.9 Å². The van der Waals surface area contributed by atoms with E-state index in [1.807, 2.05) is 12.1 Å². The van der Waals surface area contributed by atoms with E-state index in [-0.39, 0.29) is 22.8 Å². The Labute approximate surface area is 187 Å². The summed E-state index contributed by atoms with van der Waals surface area (Å²) >= 11 is 0. The highest BCUT2D eigenvalue weighted by Crippen LogP contribution is 2.28. The van der Waals surface area contributed by atoms with Gasteiger partial charge in [0.05, 0.1) is 0 Å². The van der Waals surface area contributed by atoms with Crippen LogP contribution in [0.1, 0.15) is 43.7 Å². The molecule has 8 nitrogen and oxygen atoms in total. The smallest absolute Gasteiger partial charge is 0.267 e. The number of nitrogens with one attached hydrogen (secondary N) is 1. The molecular formula is C24H27N5O3. The zero-order valence-electron chi connectivity index (χ0n) is 18.5. The molecule has 32 heavy (non-hydrogen) atoms. The molecule has 0 unspecified atom stereocenters. The van der Waals surface area contributed by atoms with Gasteiger partial charge >= 0.3 is 0 Å². The van der Waals surface area contributed by atoms with E-state index in [1.54, 1.807) is 31.2 Å². The molecule has 3 rings (SSSR count). The largest absolute Gasteiger partial charge is 0.457 e. The molecule has 1 atom stereocenters. The molecule has 0 aliphatic rings. The first-order valence-electron chi connectivity index (χ1n) is 10.2. The SMILES string of the molecule is C[C@H](Nc1cc(C(N)=O)nc(-c2ccc(Oc3ccc(C(C)(C)C)cc3)cc2)n1)C(N)=O. The van der Waals surface area contributed by atoms with Crippen molar-refractivity contribution in [2.24, 2.45) is 11.5 Å². The van der Waals surface area contributed by atoms with Crippen LogP contribution in [0.3, 0.4) is 0 Å². The number of rotatable bonds is 7. The molecule has 166 valence electrons. The van der Waals surface area contributed by atoms with Gasteiger partial charge in [0.1, 0.15) is 29.1 Å². The van der Waals surface area contributed by atoms with Gasteiger partial charge in [-0.15, -0.1) is 0 Å². The van der Waals surface area contributed by atoms with Gasteiger partial charge in [-0.2, -0.15) is 0 Å². The number of anilines is 1. The second-order valence-electron chi connectivity index (χ2n) is 8.50. The summed E-state index contributed by atoms with van der Waals surface area (Å²) in [6.07, 6.45) is 0. The predicted molar refractivity (Wildman–Crippen MR) is 123 cm³/mol. The molecule has 2 amide bonds. The van der Waals surface area contributed by atoms with Crippen LogP contribution >= 0.6 is 0 Å². The fourth-order valence-electron chi connectivity index (χ4n) is 2.90. The van der Waals surface area contributed by atoms with Crippen molar-refractivity contribution in [2.75, 3.05) is 5.32 Å². The summed E-state index contributed by atoms with van der Waals surface area (Å²) < 4.78 is 5.92. The van der Waals surface area contributed by atoms with E-state index in [1.165, 1.54) is 11.6 Å². The van der Waals surface area contributed by atoms with E-state index in [2.05, 4.69) is 48.2 Å². The maximum Gasteiger partial charge on any atom is 0.267 e. The van der Waals surface area contributed by atoms with E-state index in [0.717, 1.165) is 5.75 Å². The third-order valence-corrected chi connectivity index (χ3v) is 4.84. The van der Waals surface area contributed by atoms with Gasteiger partial charge < -0.3 is 21.5 Å². The summed E-state index contributed by atoms with van der Waals surface area (Å²) in [5, 5.41) is 2.85. The number of ether oxygens (including phenoxy) is 1. The summed E-state index contributed by atoms with van der Waals surface area (Å²) in [7, 11) is 0. The summed E-state index contributed by atoms with van der Waals surface area (Å²) in [6.45, 7) is 8.07. The van der Waals surface area contributed by atoms with Gasteiger partial charge in [0, 0.05) is 11.6 Å². The molecule has 0 spiro atoms. The quantitative estimate of drug-likeness (QED) is 0.521. The topological polar surface area (TPSA) is 133 Å². The lowest BCUT2D eigenvalue weighted by molar-refractivity contribution is -0.118.